The molecule has 3 aromatic heterocycles. The van der Waals surface area contributed by atoms with Crippen LogP contribution in [0.1, 0.15) is 70.4 Å². The summed E-state index contributed by atoms with van der Waals surface area (Å²) in [5.41, 5.74) is 6.66. The van der Waals surface area contributed by atoms with Crippen LogP contribution in [0.15, 0.2) is 65.7 Å². The molecule has 2 aliphatic carbocycles. The van der Waals surface area contributed by atoms with Gasteiger partial charge in [-0.15, -0.1) is 0 Å². The summed E-state index contributed by atoms with van der Waals surface area (Å²) in [6.07, 6.45) is 7.64. The third-order valence-electron chi connectivity index (χ3n) is 8.60. The number of carbonyl (C=O) groups excluding carboxylic acids is 1. The fourth-order valence-corrected chi connectivity index (χ4v) is 5.92. The molecular formula is C35H34N6O3. The maximum Gasteiger partial charge on any atom is 0.263 e. The molecule has 1 N–H and O–H groups in total. The summed E-state index contributed by atoms with van der Waals surface area (Å²) in [7, 11) is 0. The maximum atomic E-state index is 13.8. The summed E-state index contributed by atoms with van der Waals surface area (Å²) in [5, 5.41) is 12.6. The van der Waals surface area contributed by atoms with E-state index in [9.17, 15) is 14.9 Å². The molecule has 0 bridgehead atoms. The van der Waals surface area contributed by atoms with Gasteiger partial charge in [0, 0.05) is 55.2 Å². The number of hydrogen-bond acceptors (Lipinski definition) is 7. The number of nitriles is 1. The molecule has 1 amide bonds. The van der Waals surface area contributed by atoms with E-state index >= 15 is 0 Å². The van der Waals surface area contributed by atoms with Crippen molar-refractivity contribution in [1.29, 1.82) is 5.26 Å². The monoisotopic (exact) mass is 586 g/mol. The zero-order valence-electron chi connectivity index (χ0n) is 24.8. The lowest BCUT2D eigenvalue weighted by Crippen LogP contribution is -2.36. The lowest BCUT2D eigenvalue weighted by molar-refractivity contribution is 0.0341. The molecule has 1 aromatic carbocycles. The van der Waals surface area contributed by atoms with Gasteiger partial charge in [0.2, 0.25) is 0 Å². The highest BCUT2D eigenvalue weighted by Crippen LogP contribution is 2.42. The second-order valence-electron chi connectivity index (χ2n) is 12.0. The lowest BCUT2D eigenvalue weighted by Gasteiger charge is -2.27. The van der Waals surface area contributed by atoms with E-state index in [1.807, 2.05) is 43.5 Å². The van der Waals surface area contributed by atoms with Crippen molar-refractivity contribution in [3.63, 3.8) is 0 Å². The zero-order chi connectivity index (χ0) is 30.2. The average molecular weight is 587 g/mol. The number of aromatic nitrogens is 3. The van der Waals surface area contributed by atoms with Crippen LogP contribution in [0.4, 0.5) is 5.82 Å². The number of rotatable bonds is 8. The second-order valence-corrected chi connectivity index (χ2v) is 12.0. The maximum absolute atomic E-state index is 13.8. The molecule has 4 aromatic rings. The number of aryl methyl sites for hydroxylation is 1. The first-order chi connectivity index (χ1) is 21.5. The van der Waals surface area contributed by atoms with Gasteiger partial charge in [-0.05, 0) is 91.3 Å². The first kappa shape index (κ1) is 28.1. The molecule has 4 heterocycles. The van der Waals surface area contributed by atoms with Gasteiger partial charge in [-0.25, -0.2) is 4.98 Å². The normalized spacial score (nSPS) is 16.8. The Labute approximate surface area is 256 Å². The van der Waals surface area contributed by atoms with E-state index in [-0.39, 0.29) is 17.2 Å². The van der Waals surface area contributed by atoms with E-state index in [1.165, 1.54) is 0 Å². The molecule has 7 rings (SSSR count). The van der Waals surface area contributed by atoms with Crippen molar-refractivity contribution in [2.75, 3.05) is 31.6 Å². The van der Waals surface area contributed by atoms with Crippen molar-refractivity contribution in [3.05, 3.63) is 99.2 Å². The summed E-state index contributed by atoms with van der Waals surface area (Å²) in [6.45, 7) is 5.66. The zero-order valence-corrected chi connectivity index (χ0v) is 24.8. The standard InChI is InChI=1S/C35H34N6O3/c1-22-3-2-10-37-33(22)29-15-23(19-36)4-9-28(29)26-17-31(25-5-6-25)38-32(18-26)39-34(42)30-16-24(20-40-11-13-44-14-12-40)21-41(35(30)43)27-7-8-27/h2-4,9-10,15-18,21,25,27H,5-8,11-14,20H2,1H3,(H,38,39,42). The smallest absolute Gasteiger partial charge is 0.263 e. The molecule has 9 nitrogen and oxygen atoms in total. The fraction of sp³-hybridized carbons (Fsp3) is 0.343. The predicted octanol–water partition coefficient (Wildman–Crippen LogP) is 5.45. The number of nitrogens with zero attached hydrogens (tertiary/aromatic N) is 5. The van der Waals surface area contributed by atoms with Gasteiger partial charge in [0.05, 0.1) is 30.5 Å². The Morgan fingerprint density at radius 2 is 1.89 bits per heavy atom. The highest BCUT2D eigenvalue weighted by Gasteiger charge is 2.29. The second kappa shape index (κ2) is 11.8. The Bertz CT molecular complexity index is 1840. The SMILES string of the molecule is Cc1cccnc1-c1cc(C#N)ccc1-c1cc(NC(=O)c2cc(CN3CCOCC3)cn(C3CC3)c2=O)nc(C2CC2)c1. The fourth-order valence-electron chi connectivity index (χ4n) is 5.92. The Kier molecular flexibility index (Phi) is 7.54. The Balaban J connectivity index is 1.26. The van der Waals surface area contributed by atoms with E-state index in [2.05, 4.69) is 27.3 Å². The number of carbonyl (C=O) groups is 1. The number of amides is 1. The van der Waals surface area contributed by atoms with Crippen LogP contribution in [0.25, 0.3) is 22.4 Å². The summed E-state index contributed by atoms with van der Waals surface area (Å²) in [5.74, 6) is 0.270. The predicted molar refractivity (Wildman–Crippen MR) is 167 cm³/mol. The summed E-state index contributed by atoms with van der Waals surface area (Å²) >= 11 is 0. The van der Waals surface area contributed by atoms with Gasteiger partial charge in [0.25, 0.3) is 11.5 Å². The largest absolute Gasteiger partial charge is 0.379 e. The minimum absolute atomic E-state index is 0.131. The minimum Gasteiger partial charge on any atom is -0.379 e. The third kappa shape index (κ3) is 5.91. The van der Waals surface area contributed by atoms with Gasteiger partial charge in [-0.2, -0.15) is 5.26 Å². The van der Waals surface area contributed by atoms with Crippen LogP contribution < -0.4 is 10.9 Å². The van der Waals surface area contributed by atoms with Crippen molar-refractivity contribution < 1.29 is 9.53 Å². The molecule has 0 spiro atoms. The van der Waals surface area contributed by atoms with Crippen molar-refractivity contribution in [1.82, 2.24) is 19.4 Å². The Morgan fingerprint density at radius 3 is 2.61 bits per heavy atom. The van der Waals surface area contributed by atoms with Crippen molar-refractivity contribution >= 4 is 11.7 Å². The first-order valence-corrected chi connectivity index (χ1v) is 15.3. The molecule has 1 aliphatic heterocycles. The van der Waals surface area contributed by atoms with Crippen molar-refractivity contribution in [2.24, 2.45) is 0 Å². The molecule has 0 atom stereocenters. The molecular weight excluding hydrogens is 552 g/mol. The molecule has 3 aliphatic rings. The van der Waals surface area contributed by atoms with E-state index in [4.69, 9.17) is 9.72 Å². The molecule has 222 valence electrons. The number of pyridine rings is 3. The molecule has 2 saturated carbocycles. The highest BCUT2D eigenvalue weighted by atomic mass is 16.5. The van der Waals surface area contributed by atoms with Crippen molar-refractivity contribution in [3.8, 4) is 28.5 Å². The first-order valence-electron chi connectivity index (χ1n) is 15.3. The van der Waals surface area contributed by atoms with Gasteiger partial charge in [-0.1, -0.05) is 12.1 Å². The summed E-state index contributed by atoms with van der Waals surface area (Å²) in [6, 6.07) is 17.5. The summed E-state index contributed by atoms with van der Waals surface area (Å²) < 4.78 is 7.23. The van der Waals surface area contributed by atoms with E-state index in [0.29, 0.717) is 37.1 Å². The third-order valence-corrected chi connectivity index (χ3v) is 8.60. The van der Waals surface area contributed by atoms with Crippen LogP contribution in [-0.2, 0) is 11.3 Å². The van der Waals surface area contributed by atoms with Crippen LogP contribution in [0.3, 0.4) is 0 Å². The van der Waals surface area contributed by atoms with Gasteiger partial charge in [0.15, 0.2) is 0 Å². The molecule has 9 heteroatoms. The van der Waals surface area contributed by atoms with Gasteiger partial charge >= 0.3 is 0 Å². The number of hydrogen-bond donors (Lipinski definition) is 1. The summed E-state index contributed by atoms with van der Waals surface area (Å²) in [4.78, 5) is 39.0. The number of morpholine rings is 1. The molecule has 1 saturated heterocycles. The van der Waals surface area contributed by atoms with E-state index < -0.39 is 5.91 Å². The van der Waals surface area contributed by atoms with Crippen LogP contribution in [-0.4, -0.2) is 51.6 Å². The van der Waals surface area contributed by atoms with Gasteiger partial charge in [0.1, 0.15) is 11.4 Å². The lowest BCUT2D eigenvalue weighted by atomic mass is 9.93. The van der Waals surface area contributed by atoms with Gasteiger partial charge in [-0.3, -0.25) is 19.5 Å². The van der Waals surface area contributed by atoms with Crippen LogP contribution in [0, 0.1) is 18.3 Å². The number of ether oxygens (including phenoxy) is 1. The number of benzene rings is 1. The van der Waals surface area contributed by atoms with E-state index in [1.54, 1.807) is 22.9 Å². The molecule has 44 heavy (non-hydrogen) atoms. The quantitative estimate of drug-likeness (QED) is 0.292. The molecule has 0 radical (unpaired) electrons. The Morgan fingerprint density at radius 1 is 1.07 bits per heavy atom. The highest BCUT2D eigenvalue weighted by molar-refractivity contribution is 6.04. The van der Waals surface area contributed by atoms with Gasteiger partial charge < -0.3 is 14.6 Å². The van der Waals surface area contributed by atoms with Crippen LogP contribution in [0.2, 0.25) is 0 Å². The van der Waals surface area contributed by atoms with E-state index in [0.717, 1.165) is 78.0 Å². The minimum atomic E-state index is -0.458. The number of anilines is 1. The van der Waals surface area contributed by atoms with Crippen LogP contribution >= 0.6 is 0 Å². The number of nitrogens with one attached hydrogen (secondary N) is 1. The molecule has 0 unspecified atom stereocenters. The average Bonchev–Trinajstić information content (AvgIpc) is 3.96. The van der Waals surface area contributed by atoms with Crippen molar-refractivity contribution in [2.45, 2.75) is 51.1 Å². The molecule has 3 fully saturated rings. The topological polar surface area (TPSA) is 113 Å². The van der Waals surface area contributed by atoms with Crippen LogP contribution in [0.5, 0.6) is 0 Å². The Hall–Kier alpha value is -4.65.